The van der Waals surface area contributed by atoms with Gasteiger partial charge < -0.3 is 0 Å². The summed E-state index contributed by atoms with van der Waals surface area (Å²) in [4.78, 5) is 29.8. The number of hydrogen-bond donors (Lipinski definition) is 0. The van der Waals surface area contributed by atoms with Crippen LogP contribution in [-0.2, 0) is 12.3 Å². The zero-order valence-corrected chi connectivity index (χ0v) is 17.7. The lowest BCUT2D eigenvalue weighted by atomic mass is 10.2. The van der Waals surface area contributed by atoms with Crippen LogP contribution in [0, 0.1) is 0 Å². The van der Waals surface area contributed by atoms with Crippen LogP contribution in [0.2, 0.25) is 5.02 Å². The van der Waals surface area contributed by atoms with Crippen molar-refractivity contribution in [1.29, 1.82) is 0 Å². The molecule has 0 saturated carbocycles. The van der Waals surface area contributed by atoms with Crippen molar-refractivity contribution in [2.75, 3.05) is 0 Å². The molecule has 0 aliphatic carbocycles. The topological polar surface area (TPSA) is 86.6 Å². The Hall–Kier alpha value is -3.43. The standard InChI is InChI=1S/C21H15ClN6O2S/c1-2-9-26-19(30)15-5-3-4-6-16(15)28-20(26)24-25-21(28)31-12-14-10-18(29)27-11-13(22)7-8-17(27)23-14/h2-8,10-11H,1,9,12H2. The molecule has 1 aromatic carbocycles. The first-order valence-electron chi connectivity index (χ1n) is 9.35. The van der Waals surface area contributed by atoms with Gasteiger partial charge in [-0.1, -0.05) is 41.6 Å². The summed E-state index contributed by atoms with van der Waals surface area (Å²) in [7, 11) is 0. The number of benzene rings is 1. The third-order valence-electron chi connectivity index (χ3n) is 4.82. The fourth-order valence-electron chi connectivity index (χ4n) is 3.46. The lowest BCUT2D eigenvalue weighted by Crippen LogP contribution is -2.22. The largest absolute Gasteiger partial charge is 0.272 e. The smallest absolute Gasteiger partial charge is 0.263 e. The van der Waals surface area contributed by atoms with Gasteiger partial charge in [-0.3, -0.25) is 23.0 Å². The van der Waals surface area contributed by atoms with Gasteiger partial charge in [-0.2, -0.15) is 0 Å². The van der Waals surface area contributed by atoms with Crippen molar-refractivity contribution in [3.8, 4) is 0 Å². The van der Waals surface area contributed by atoms with Crippen LogP contribution in [0.5, 0.6) is 0 Å². The fourth-order valence-corrected chi connectivity index (χ4v) is 4.45. The highest BCUT2D eigenvalue weighted by Crippen LogP contribution is 2.24. The zero-order valence-electron chi connectivity index (χ0n) is 16.1. The molecule has 0 atom stereocenters. The molecule has 0 aliphatic heterocycles. The van der Waals surface area contributed by atoms with E-state index in [-0.39, 0.29) is 11.1 Å². The van der Waals surface area contributed by atoms with Crippen molar-refractivity contribution in [2.24, 2.45) is 0 Å². The minimum Gasteiger partial charge on any atom is -0.272 e. The summed E-state index contributed by atoms with van der Waals surface area (Å²) in [5.74, 6) is 0.844. The number of halogens is 1. The first kappa shape index (κ1) is 19.5. The van der Waals surface area contributed by atoms with Crippen molar-refractivity contribution in [3.05, 3.63) is 92.7 Å². The van der Waals surface area contributed by atoms with Gasteiger partial charge in [0.05, 0.1) is 21.6 Å². The van der Waals surface area contributed by atoms with Gasteiger partial charge in [0.2, 0.25) is 5.78 Å². The maximum absolute atomic E-state index is 12.9. The normalized spacial score (nSPS) is 11.5. The van der Waals surface area contributed by atoms with Crippen LogP contribution < -0.4 is 11.1 Å². The van der Waals surface area contributed by atoms with Crippen molar-refractivity contribution in [2.45, 2.75) is 17.5 Å². The van der Waals surface area contributed by atoms with Crippen molar-refractivity contribution >= 4 is 45.7 Å². The second-order valence-electron chi connectivity index (χ2n) is 6.79. The van der Waals surface area contributed by atoms with E-state index in [0.29, 0.717) is 45.0 Å². The summed E-state index contributed by atoms with van der Waals surface area (Å²) < 4.78 is 4.79. The maximum Gasteiger partial charge on any atom is 0.263 e. The first-order valence-corrected chi connectivity index (χ1v) is 10.7. The third-order valence-corrected chi connectivity index (χ3v) is 6.00. The van der Waals surface area contributed by atoms with Gasteiger partial charge in [0.1, 0.15) is 5.65 Å². The van der Waals surface area contributed by atoms with Crippen LogP contribution in [-0.4, -0.2) is 28.5 Å². The van der Waals surface area contributed by atoms with E-state index < -0.39 is 0 Å². The molecule has 0 amide bonds. The lowest BCUT2D eigenvalue weighted by molar-refractivity contribution is 0.783. The highest BCUT2D eigenvalue weighted by molar-refractivity contribution is 7.98. The molecule has 5 rings (SSSR count). The molecule has 0 N–H and O–H groups in total. The fraction of sp³-hybridized carbons (Fsp3) is 0.0952. The number of thioether (sulfide) groups is 1. The number of allylic oxidation sites excluding steroid dienone is 1. The average Bonchev–Trinajstić information content (AvgIpc) is 3.20. The number of aromatic nitrogens is 6. The summed E-state index contributed by atoms with van der Waals surface area (Å²) in [6.45, 7) is 4.06. The van der Waals surface area contributed by atoms with E-state index in [4.69, 9.17) is 11.6 Å². The summed E-state index contributed by atoms with van der Waals surface area (Å²) >= 11 is 7.36. The molecule has 0 radical (unpaired) electrons. The molecule has 5 aromatic rings. The van der Waals surface area contributed by atoms with E-state index in [1.807, 2.05) is 22.6 Å². The van der Waals surface area contributed by atoms with Crippen LogP contribution in [0.25, 0.3) is 22.3 Å². The van der Waals surface area contributed by atoms with Crippen molar-refractivity contribution in [1.82, 2.24) is 28.5 Å². The van der Waals surface area contributed by atoms with Crippen LogP contribution in [0.1, 0.15) is 5.69 Å². The lowest BCUT2D eigenvalue weighted by Gasteiger charge is -2.09. The van der Waals surface area contributed by atoms with Gasteiger partial charge in [0.15, 0.2) is 5.16 Å². The molecule has 31 heavy (non-hydrogen) atoms. The van der Waals surface area contributed by atoms with Gasteiger partial charge in [-0.15, -0.1) is 16.8 Å². The van der Waals surface area contributed by atoms with Gasteiger partial charge in [0, 0.05) is 24.6 Å². The first-order chi connectivity index (χ1) is 15.1. The predicted octanol–water partition coefficient (Wildman–Crippen LogP) is 3.18. The number of hydrogen-bond acceptors (Lipinski definition) is 6. The molecule has 4 aromatic heterocycles. The molecule has 154 valence electrons. The predicted molar refractivity (Wildman–Crippen MR) is 121 cm³/mol. The maximum atomic E-state index is 12.9. The molecule has 0 aliphatic rings. The summed E-state index contributed by atoms with van der Waals surface area (Å²) in [5, 5.41) is 10.2. The van der Waals surface area contributed by atoms with Crippen LogP contribution in [0.15, 0.2) is 76.1 Å². The molecule has 4 heterocycles. The number of fused-ring (bicyclic) bond motifs is 4. The number of nitrogens with zero attached hydrogens (tertiary/aromatic N) is 6. The quantitative estimate of drug-likeness (QED) is 0.302. The molecule has 0 saturated heterocycles. The molecule has 0 unspecified atom stereocenters. The number of rotatable bonds is 5. The summed E-state index contributed by atoms with van der Waals surface area (Å²) in [6, 6.07) is 12.2. The minimum absolute atomic E-state index is 0.144. The number of para-hydroxylation sites is 1. The number of pyridine rings is 1. The Labute approximate surface area is 184 Å². The summed E-state index contributed by atoms with van der Waals surface area (Å²) in [5.41, 5.74) is 1.49. The van der Waals surface area contributed by atoms with Crippen LogP contribution >= 0.6 is 23.4 Å². The van der Waals surface area contributed by atoms with E-state index in [9.17, 15) is 9.59 Å². The van der Waals surface area contributed by atoms with Crippen molar-refractivity contribution < 1.29 is 0 Å². The Morgan fingerprint density at radius 3 is 2.81 bits per heavy atom. The molecule has 10 heteroatoms. The Morgan fingerprint density at radius 2 is 1.97 bits per heavy atom. The van der Waals surface area contributed by atoms with Gasteiger partial charge >= 0.3 is 0 Å². The average molecular weight is 451 g/mol. The monoisotopic (exact) mass is 450 g/mol. The molecule has 0 fully saturated rings. The van der Waals surface area contributed by atoms with Gasteiger partial charge in [-0.05, 0) is 24.3 Å². The van der Waals surface area contributed by atoms with E-state index in [2.05, 4.69) is 21.8 Å². The van der Waals surface area contributed by atoms with E-state index >= 15 is 0 Å². The second-order valence-corrected chi connectivity index (χ2v) is 8.17. The van der Waals surface area contributed by atoms with E-state index in [0.717, 1.165) is 5.52 Å². The van der Waals surface area contributed by atoms with Gasteiger partial charge in [-0.25, -0.2) is 4.98 Å². The van der Waals surface area contributed by atoms with Crippen LogP contribution in [0.4, 0.5) is 0 Å². The minimum atomic E-state index is -0.209. The Bertz CT molecular complexity index is 1600. The molecule has 0 spiro atoms. The highest BCUT2D eigenvalue weighted by atomic mass is 35.5. The highest BCUT2D eigenvalue weighted by Gasteiger charge is 2.16. The van der Waals surface area contributed by atoms with E-state index in [1.165, 1.54) is 26.8 Å². The van der Waals surface area contributed by atoms with Crippen LogP contribution in [0.3, 0.4) is 0 Å². The molecular formula is C21H15ClN6O2S. The molecular weight excluding hydrogens is 436 g/mol. The SMILES string of the molecule is C=CCn1c(=O)c2ccccc2n2c(SCc3cc(=O)n4cc(Cl)ccc4n3)nnc12. The second kappa shape index (κ2) is 7.68. The molecule has 8 nitrogen and oxygen atoms in total. The summed E-state index contributed by atoms with van der Waals surface area (Å²) in [6.07, 6.45) is 3.19. The van der Waals surface area contributed by atoms with E-state index in [1.54, 1.807) is 30.5 Å². The van der Waals surface area contributed by atoms with Gasteiger partial charge in [0.25, 0.3) is 11.1 Å². The zero-order chi connectivity index (χ0) is 21.5. The molecule has 0 bridgehead atoms. The Balaban J connectivity index is 1.60. The Morgan fingerprint density at radius 1 is 1.13 bits per heavy atom. The van der Waals surface area contributed by atoms with Crippen molar-refractivity contribution in [3.63, 3.8) is 0 Å². The Kier molecular flexibility index (Phi) is 4.84. The third kappa shape index (κ3) is 3.31.